The van der Waals surface area contributed by atoms with E-state index in [2.05, 4.69) is 46.3 Å². The molecule has 1 saturated heterocycles. The molecule has 3 aromatic rings. The average Bonchev–Trinajstić information content (AvgIpc) is 3.24. The molecule has 1 aliphatic heterocycles. The number of hydrogen-bond donors (Lipinski definition) is 2. The lowest BCUT2D eigenvalue weighted by atomic mass is 9.71. The topological polar surface area (TPSA) is 55.4 Å². The van der Waals surface area contributed by atoms with Crippen molar-refractivity contribution < 1.29 is 9.47 Å². The summed E-state index contributed by atoms with van der Waals surface area (Å²) in [5.74, 6) is 1.50. The van der Waals surface area contributed by atoms with E-state index in [0.717, 1.165) is 53.9 Å². The highest BCUT2D eigenvalue weighted by molar-refractivity contribution is 7.13. The first kappa shape index (κ1) is 18.8. The van der Waals surface area contributed by atoms with Crippen LogP contribution in [0.1, 0.15) is 24.1 Å². The molecule has 2 heterocycles. The summed E-state index contributed by atoms with van der Waals surface area (Å²) in [7, 11) is 3.31. The molecule has 28 heavy (non-hydrogen) atoms. The van der Waals surface area contributed by atoms with Crippen LogP contribution >= 0.6 is 11.3 Å². The van der Waals surface area contributed by atoms with Gasteiger partial charge in [0.15, 0.2) is 5.13 Å². The summed E-state index contributed by atoms with van der Waals surface area (Å²) in [6.45, 7) is 2.00. The number of piperidine rings is 1. The van der Waals surface area contributed by atoms with Crippen LogP contribution in [0.4, 0.5) is 10.8 Å². The zero-order valence-corrected chi connectivity index (χ0v) is 17.0. The van der Waals surface area contributed by atoms with Crippen LogP contribution in [0, 0.1) is 0 Å². The first-order chi connectivity index (χ1) is 13.7. The summed E-state index contributed by atoms with van der Waals surface area (Å²) >= 11 is 1.63. The second-order valence-corrected chi connectivity index (χ2v) is 7.79. The number of thiazole rings is 1. The zero-order valence-electron chi connectivity index (χ0n) is 16.2. The second-order valence-electron chi connectivity index (χ2n) is 6.93. The fraction of sp³-hybridized carbons (Fsp3) is 0.318. The van der Waals surface area contributed by atoms with Gasteiger partial charge in [0.25, 0.3) is 0 Å². The predicted octanol–water partition coefficient (Wildman–Crippen LogP) is 4.57. The summed E-state index contributed by atoms with van der Waals surface area (Å²) in [5, 5.41) is 9.96. The van der Waals surface area contributed by atoms with E-state index in [-0.39, 0.29) is 5.41 Å². The normalized spacial score (nSPS) is 15.8. The Hall–Kier alpha value is -2.57. The molecule has 0 aliphatic carbocycles. The van der Waals surface area contributed by atoms with E-state index in [1.54, 1.807) is 25.6 Å². The van der Waals surface area contributed by atoms with Gasteiger partial charge in [-0.05, 0) is 43.6 Å². The molecule has 1 aromatic heterocycles. The standard InChI is InChI=1S/C22H25N3O2S/c1-26-17-8-9-18(19(14-17)27-2)24-21-25-20(15-28-21)22(10-12-23-13-11-22)16-6-4-3-5-7-16/h3-9,14-15,23H,10-13H2,1-2H3,(H,24,25). The molecule has 1 fully saturated rings. The maximum absolute atomic E-state index is 5.50. The number of nitrogens with zero attached hydrogens (tertiary/aromatic N) is 1. The SMILES string of the molecule is COc1ccc(Nc2nc(C3(c4ccccc4)CCNCC3)cs2)c(OC)c1. The Morgan fingerprint density at radius 2 is 1.82 bits per heavy atom. The van der Waals surface area contributed by atoms with Crippen LogP contribution in [0.3, 0.4) is 0 Å². The average molecular weight is 396 g/mol. The maximum atomic E-state index is 5.50. The van der Waals surface area contributed by atoms with E-state index in [1.807, 2.05) is 18.2 Å². The lowest BCUT2D eigenvalue weighted by Gasteiger charge is -2.37. The van der Waals surface area contributed by atoms with Gasteiger partial charge in [0, 0.05) is 16.9 Å². The third-order valence-corrected chi connectivity index (χ3v) is 6.19. The summed E-state index contributed by atoms with van der Waals surface area (Å²) in [5.41, 5.74) is 3.33. The number of hydrogen-bond acceptors (Lipinski definition) is 6. The molecule has 0 saturated carbocycles. The Balaban J connectivity index is 1.65. The number of aromatic nitrogens is 1. The summed E-state index contributed by atoms with van der Waals surface area (Å²) < 4.78 is 10.8. The lowest BCUT2D eigenvalue weighted by molar-refractivity contribution is 0.356. The Morgan fingerprint density at radius 1 is 1.04 bits per heavy atom. The zero-order chi connectivity index (χ0) is 19.4. The van der Waals surface area contributed by atoms with Crippen LogP contribution in [-0.4, -0.2) is 32.3 Å². The predicted molar refractivity (Wildman–Crippen MR) is 114 cm³/mol. The summed E-state index contributed by atoms with van der Waals surface area (Å²) in [6.07, 6.45) is 2.10. The number of anilines is 2. The molecule has 0 unspecified atom stereocenters. The third kappa shape index (κ3) is 3.57. The van der Waals surface area contributed by atoms with Crippen molar-refractivity contribution in [1.29, 1.82) is 0 Å². The van der Waals surface area contributed by atoms with E-state index in [1.165, 1.54) is 5.56 Å². The molecular weight excluding hydrogens is 370 g/mol. The van der Waals surface area contributed by atoms with Gasteiger partial charge < -0.3 is 20.1 Å². The molecule has 0 spiro atoms. The highest BCUT2D eigenvalue weighted by Gasteiger charge is 2.37. The van der Waals surface area contributed by atoms with E-state index in [9.17, 15) is 0 Å². The first-order valence-electron chi connectivity index (χ1n) is 9.46. The van der Waals surface area contributed by atoms with Crippen molar-refractivity contribution in [1.82, 2.24) is 10.3 Å². The molecule has 2 N–H and O–H groups in total. The Bertz CT molecular complexity index is 921. The van der Waals surface area contributed by atoms with Crippen LogP contribution in [0.5, 0.6) is 11.5 Å². The Kier molecular flexibility index (Phi) is 5.50. The quantitative estimate of drug-likeness (QED) is 0.640. The van der Waals surface area contributed by atoms with Gasteiger partial charge in [-0.1, -0.05) is 30.3 Å². The van der Waals surface area contributed by atoms with Crippen LogP contribution in [0.25, 0.3) is 0 Å². The van der Waals surface area contributed by atoms with Gasteiger partial charge in [0.2, 0.25) is 0 Å². The van der Waals surface area contributed by atoms with Gasteiger partial charge >= 0.3 is 0 Å². The van der Waals surface area contributed by atoms with Gasteiger partial charge in [-0.2, -0.15) is 0 Å². The maximum Gasteiger partial charge on any atom is 0.187 e. The number of ether oxygens (including phenoxy) is 2. The smallest absolute Gasteiger partial charge is 0.187 e. The number of rotatable bonds is 6. The molecule has 0 radical (unpaired) electrons. The Labute approximate surface area is 169 Å². The largest absolute Gasteiger partial charge is 0.497 e. The van der Waals surface area contributed by atoms with Crippen molar-refractivity contribution in [2.75, 3.05) is 32.6 Å². The van der Waals surface area contributed by atoms with E-state index in [0.29, 0.717) is 0 Å². The van der Waals surface area contributed by atoms with Crippen molar-refractivity contribution in [3.63, 3.8) is 0 Å². The Morgan fingerprint density at radius 3 is 2.54 bits per heavy atom. The third-order valence-electron chi connectivity index (χ3n) is 5.43. The van der Waals surface area contributed by atoms with Crippen molar-refractivity contribution in [3.05, 3.63) is 65.2 Å². The molecule has 5 nitrogen and oxygen atoms in total. The minimum atomic E-state index is -0.0348. The highest BCUT2D eigenvalue weighted by atomic mass is 32.1. The minimum absolute atomic E-state index is 0.0348. The molecule has 0 atom stereocenters. The van der Waals surface area contributed by atoms with E-state index >= 15 is 0 Å². The molecule has 1 aliphatic rings. The molecule has 2 aromatic carbocycles. The number of methoxy groups -OCH3 is 2. The van der Waals surface area contributed by atoms with E-state index in [4.69, 9.17) is 14.5 Å². The molecule has 6 heteroatoms. The number of benzene rings is 2. The van der Waals surface area contributed by atoms with Crippen molar-refractivity contribution in [3.8, 4) is 11.5 Å². The number of nitrogens with one attached hydrogen (secondary N) is 2. The van der Waals surface area contributed by atoms with E-state index < -0.39 is 0 Å². The van der Waals surface area contributed by atoms with Gasteiger partial charge in [-0.25, -0.2) is 4.98 Å². The molecule has 4 rings (SSSR count). The summed E-state index contributed by atoms with van der Waals surface area (Å²) in [6, 6.07) is 16.5. The second kappa shape index (κ2) is 8.20. The van der Waals surface area contributed by atoms with Gasteiger partial charge in [-0.15, -0.1) is 11.3 Å². The van der Waals surface area contributed by atoms with Crippen molar-refractivity contribution >= 4 is 22.2 Å². The molecule has 0 bridgehead atoms. The summed E-state index contributed by atoms with van der Waals surface area (Å²) in [4.78, 5) is 4.99. The highest BCUT2D eigenvalue weighted by Crippen LogP contribution is 2.42. The molecule has 146 valence electrons. The molecular formula is C22H25N3O2S. The fourth-order valence-corrected chi connectivity index (χ4v) is 4.69. The van der Waals surface area contributed by atoms with Crippen molar-refractivity contribution in [2.45, 2.75) is 18.3 Å². The van der Waals surface area contributed by atoms with Crippen LogP contribution < -0.4 is 20.1 Å². The first-order valence-corrected chi connectivity index (χ1v) is 10.3. The van der Waals surface area contributed by atoms with Crippen LogP contribution in [0.15, 0.2) is 53.9 Å². The lowest BCUT2D eigenvalue weighted by Crippen LogP contribution is -2.41. The van der Waals surface area contributed by atoms with Crippen LogP contribution in [-0.2, 0) is 5.41 Å². The fourth-order valence-electron chi connectivity index (χ4n) is 3.87. The monoisotopic (exact) mass is 395 g/mol. The van der Waals surface area contributed by atoms with Gasteiger partial charge in [0.1, 0.15) is 11.5 Å². The van der Waals surface area contributed by atoms with Crippen molar-refractivity contribution in [2.24, 2.45) is 0 Å². The molecule has 0 amide bonds. The van der Waals surface area contributed by atoms with Crippen LogP contribution in [0.2, 0.25) is 0 Å². The van der Waals surface area contributed by atoms with Gasteiger partial charge in [0.05, 0.1) is 25.6 Å². The van der Waals surface area contributed by atoms with Gasteiger partial charge in [-0.3, -0.25) is 0 Å². The minimum Gasteiger partial charge on any atom is -0.497 e.